The van der Waals surface area contributed by atoms with Crippen LogP contribution in [0.5, 0.6) is 0 Å². The Kier molecular flexibility index (Phi) is 4.12. The van der Waals surface area contributed by atoms with Crippen LogP contribution in [0, 0.1) is 0 Å². The molecular weight excluding hydrogens is 330 g/mol. The van der Waals surface area contributed by atoms with Crippen molar-refractivity contribution in [3.63, 3.8) is 0 Å². The van der Waals surface area contributed by atoms with Crippen molar-refractivity contribution in [1.82, 2.24) is 15.1 Å². The number of nitrogens with one attached hydrogen (secondary N) is 1. The molecule has 21 heavy (non-hydrogen) atoms. The molecule has 0 amide bonds. The fraction of sp³-hybridized carbons (Fsp3) is 0.312. The van der Waals surface area contributed by atoms with Crippen LogP contribution in [0.1, 0.15) is 30.8 Å². The molecule has 0 aliphatic rings. The summed E-state index contributed by atoms with van der Waals surface area (Å²) in [6, 6.07) is 10.1. The molecule has 1 unspecified atom stereocenters. The molecule has 0 saturated carbocycles. The van der Waals surface area contributed by atoms with Gasteiger partial charge in [0.05, 0.1) is 21.9 Å². The first-order chi connectivity index (χ1) is 10.2. The molecule has 1 atom stereocenters. The molecule has 1 N–H and O–H groups in total. The molecular formula is C16H18BrN3O. The van der Waals surface area contributed by atoms with Crippen LogP contribution in [0.2, 0.25) is 0 Å². The van der Waals surface area contributed by atoms with E-state index in [1.54, 1.807) is 6.26 Å². The van der Waals surface area contributed by atoms with Crippen molar-refractivity contribution in [1.29, 1.82) is 0 Å². The second-order valence-electron chi connectivity index (χ2n) is 5.05. The number of furan rings is 1. The van der Waals surface area contributed by atoms with E-state index in [4.69, 9.17) is 9.52 Å². The van der Waals surface area contributed by atoms with Crippen LogP contribution >= 0.6 is 15.9 Å². The van der Waals surface area contributed by atoms with Crippen LogP contribution in [-0.4, -0.2) is 16.3 Å². The number of rotatable bonds is 5. The lowest BCUT2D eigenvalue weighted by Gasteiger charge is -2.15. The van der Waals surface area contributed by atoms with E-state index in [-0.39, 0.29) is 6.04 Å². The monoisotopic (exact) mass is 347 g/mol. The van der Waals surface area contributed by atoms with Gasteiger partial charge in [-0.3, -0.25) is 4.68 Å². The average Bonchev–Trinajstić information content (AvgIpc) is 3.06. The lowest BCUT2D eigenvalue weighted by Crippen LogP contribution is -2.23. The Morgan fingerprint density at radius 2 is 2.14 bits per heavy atom. The second kappa shape index (κ2) is 6.03. The molecule has 1 aromatic carbocycles. The van der Waals surface area contributed by atoms with E-state index in [1.165, 1.54) is 0 Å². The smallest absolute Gasteiger partial charge is 0.141 e. The van der Waals surface area contributed by atoms with Gasteiger partial charge >= 0.3 is 0 Å². The molecule has 2 heterocycles. The lowest BCUT2D eigenvalue weighted by molar-refractivity contribution is 0.438. The molecule has 0 aliphatic carbocycles. The zero-order valence-electron chi connectivity index (χ0n) is 12.1. The summed E-state index contributed by atoms with van der Waals surface area (Å²) < 4.78 is 8.56. The SMILES string of the molecule is CCCNC(c1occc1Br)c1nn(C)c2ccccc12. The Labute approximate surface area is 132 Å². The van der Waals surface area contributed by atoms with Crippen LogP contribution in [0.4, 0.5) is 0 Å². The Morgan fingerprint density at radius 1 is 1.33 bits per heavy atom. The van der Waals surface area contributed by atoms with Gasteiger partial charge in [-0.2, -0.15) is 5.10 Å². The standard InChI is InChI=1S/C16H18BrN3O/c1-3-9-18-15(16-12(17)8-10-21-16)14-11-6-4-5-7-13(11)20(2)19-14/h4-8,10,15,18H,3,9H2,1-2H3. The van der Waals surface area contributed by atoms with Crippen molar-refractivity contribution in [2.75, 3.05) is 6.54 Å². The summed E-state index contributed by atoms with van der Waals surface area (Å²) in [5, 5.41) is 9.40. The molecule has 0 aliphatic heterocycles. The minimum absolute atomic E-state index is 0.0552. The van der Waals surface area contributed by atoms with E-state index in [0.29, 0.717) is 0 Å². The van der Waals surface area contributed by atoms with Crippen molar-refractivity contribution in [2.45, 2.75) is 19.4 Å². The number of aryl methyl sites for hydroxylation is 1. The molecule has 2 aromatic heterocycles. The number of halogens is 1. The molecule has 0 spiro atoms. The van der Waals surface area contributed by atoms with Gasteiger partial charge in [-0.05, 0) is 41.0 Å². The molecule has 0 bridgehead atoms. The Bertz CT molecular complexity index is 747. The minimum atomic E-state index is -0.0552. The van der Waals surface area contributed by atoms with Gasteiger partial charge < -0.3 is 9.73 Å². The summed E-state index contributed by atoms with van der Waals surface area (Å²) in [6.07, 6.45) is 2.75. The summed E-state index contributed by atoms with van der Waals surface area (Å²) in [7, 11) is 1.97. The molecule has 0 fully saturated rings. The summed E-state index contributed by atoms with van der Waals surface area (Å²) in [6.45, 7) is 3.06. The summed E-state index contributed by atoms with van der Waals surface area (Å²) in [5.41, 5.74) is 2.12. The van der Waals surface area contributed by atoms with E-state index in [0.717, 1.165) is 39.8 Å². The van der Waals surface area contributed by atoms with E-state index in [1.807, 2.05) is 29.9 Å². The van der Waals surface area contributed by atoms with Gasteiger partial charge in [0.2, 0.25) is 0 Å². The third-order valence-corrected chi connectivity index (χ3v) is 4.22. The zero-order chi connectivity index (χ0) is 14.8. The van der Waals surface area contributed by atoms with Crippen molar-refractivity contribution < 1.29 is 4.42 Å². The predicted molar refractivity (Wildman–Crippen MR) is 87.3 cm³/mol. The highest BCUT2D eigenvalue weighted by molar-refractivity contribution is 9.10. The number of fused-ring (bicyclic) bond motifs is 1. The number of para-hydroxylation sites is 1. The van der Waals surface area contributed by atoms with Crippen LogP contribution in [0.3, 0.4) is 0 Å². The van der Waals surface area contributed by atoms with Crippen molar-refractivity contribution >= 4 is 26.8 Å². The van der Waals surface area contributed by atoms with E-state index < -0.39 is 0 Å². The van der Waals surface area contributed by atoms with E-state index >= 15 is 0 Å². The van der Waals surface area contributed by atoms with Gasteiger partial charge in [-0.1, -0.05) is 25.1 Å². The molecule has 110 valence electrons. The van der Waals surface area contributed by atoms with Gasteiger partial charge in [0.25, 0.3) is 0 Å². The maximum absolute atomic E-state index is 5.68. The van der Waals surface area contributed by atoms with Crippen molar-refractivity contribution in [3.05, 3.63) is 52.5 Å². The van der Waals surface area contributed by atoms with Gasteiger partial charge in [0.15, 0.2) is 0 Å². The molecule has 4 nitrogen and oxygen atoms in total. The third-order valence-electron chi connectivity index (χ3n) is 3.57. The highest BCUT2D eigenvalue weighted by Gasteiger charge is 2.24. The fourth-order valence-electron chi connectivity index (χ4n) is 2.57. The van der Waals surface area contributed by atoms with Gasteiger partial charge in [-0.25, -0.2) is 0 Å². The minimum Gasteiger partial charge on any atom is -0.466 e. The van der Waals surface area contributed by atoms with Crippen molar-refractivity contribution in [2.24, 2.45) is 7.05 Å². The van der Waals surface area contributed by atoms with E-state index in [2.05, 4.69) is 40.3 Å². The number of nitrogens with zero attached hydrogens (tertiary/aromatic N) is 2. The Morgan fingerprint density at radius 3 is 2.86 bits per heavy atom. The maximum atomic E-state index is 5.68. The number of benzene rings is 1. The van der Waals surface area contributed by atoms with Crippen LogP contribution < -0.4 is 5.32 Å². The van der Waals surface area contributed by atoms with Crippen LogP contribution in [0.25, 0.3) is 10.9 Å². The lowest BCUT2D eigenvalue weighted by atomic mass is 10.1. The van der Waals surface area contributed by atoms with Gasteiger partial charge in [0, 0.05) is 12.4 Å². The predicted octanol–water partition coefficient (Wildman–Crippen LogP) is 4.02. The molecule has 5 heteroatoms. The van der Waals surface area contributed by atoms with Gasteiger partial charge in [0.1, 0.15) is 11.8 Å². The number of hydrogen-bond donors (Lipinski definition) is 1. The normalized spacial score (nSPS) is 12.9. The highest BCUT2D eigenvalue weighted by Crippen LogP contribution is 2.32. The zero-order valence-corrected chi connectivity index (χ0v) is 13.7. The third kappa shape index (κ3) is 2.63. The molecule has 0 radical (unpaired) electrons. The summed E-state index contributed by atoms with van der Waals surface area (Å²) >= 11 is 3.56. The second-order valence-corrected chi connectivity index (χ2v) is 5.90. The van der Waals surface area contributed by atoms with Crippen molar-refractivity contribution in [3.8, 4) is 0 Å². The average molecular weight is 348 g/mol. The number of hydrogen-bond acceptors (Lipinski definition) is 3. The Balaban J connectivity index is 2.12. The van der Waals surface area contributed by atoms with E-state index in [9.17, 15) is 0 Å². The first-order valence-corrected chi connectivity index (χ1v) is 7.89. The van der Waals surface area contributed by atoms with Crippen LogP contribution in [0.15, 0.2) is 45.5 Å². The maximum Gasteiger partial charge on any atom is 0.141 e. The summed E-state index contributed by atoms with van der Waals surface area (Å²) in [4.78, 5) is 0. The topological polar surface area (TPSA) is 43.0 Å². The Hall–Kier alpha value is -1.59. The molecule has 0 saturated heterocycles. The molecule has 3 aromatic rings. The fourth-order valence-corrected chi connectivity index (χ4v) is 3.00. The molecule has 3 rings (SSSR count). The largest absolute Gasteiger partial charge is 0.466 e. The first-order valence-electron chi connectivity index (χ1n) is 7.10. The first kappa shape index (κ1) is 14.4. The highest BCUT2D eigenvalue weighted by atomic mass is 79.9. The van der Waals surface area contributed by atoms with Gasteiger partial charge in [-0.15, -0.1) is 0 Å². The van der Waals surface area contributed by atoms with Crippen LogP contribution in [-0.2, 0) is 7.05 Å². The number of aromatic nitrogens is 2. The quantitative estimate of drug-likeness (QED) is 0.757. The summed E-state index contributed by atoms with van der Waals surface area (Å²) in [5.74, 6) is 0.868.